The zero-order valence-corrected chi connectivity index (χ0v) is 12.4. The van der Waals surface area contributed by atoms with Crippen LogP contribution in [-0.4, -0.2) is 35.3 Å². The van der Waals surface area contributed by atoms with Gasteiger partial charge in [0.1, 0.15) is 5.82 Å². The zero-order valence-electron chi connectivity index (χ0n) is 10.7. The maximum atomic E-state index is 13.3. The number of nitrogens with two attached hydrogens (primary N) is 1. The van der Waals surface area contributed by atoms with Gasteiger partial charge in [-0.1, -0.05) is 28.3 Å². The molecule has 0 aliphatic heterocycles. The number of amidine groups is 1. The lowest BCUT2D eigenvalue weighted by Gasteiger charge is -2.06. The first-order valence-corrected chi connectivity index (χ1v) is 7.10. The molecule has 0 spiro atoms. The Balaban J connectivity index is 2.32. The number of aromatic nitrogens is 2. The lowest BCUT2D eigenvalue weighted by atomic mass is 10.2. The van der Waals surface area contributed by atoms with Crippen LogP contribution in [-0.2, 0) is 0 Å². The largest absolute Gasteiger partial charge is 0.409 e. The molecule has 106 valence electrons. The molecule has 3 N–H and O–H groups in total. The van der Waals surface area contributed by atoms with E-state index in [1.54, 1.807) is 6.07 Å². The predicted octanol–water partition coefficient (Wildman–Crippen LogP) is 1.99. The van der Waals surface area contributed by atoms with Crippen molar-refractivity contribution in [3.63, 3.8) is 0 Å². The van der Waals surface area contributed by atoms with Crippen molar-refractivity contribution in [3.05, 3.63) is 29.6 Å². The number of hydrogen-bond donors (Lipinski definition) is 2. The van der Waals surface area contributed by atoms with Gasteiger partial charge in [-0.05, 0) is 18.2 Å². The molecule has 2 rings (SSSR count). The van der Waals surface area contributed by atoms with Crippen LogP contribution in [0.4, 0.5) is 9.52 Å². The van der Waals surface area contributed by atoms with E-state index in [1.807, 2.05) is 19.0 Å². The van der Waals surface area contributed by atoms with Crippen LogP contribution in [0.15, 0.2) is 32.6 Å². The molecule has 0 atom stereocenters. The Labute approximate surface area is 123 Å². The number of benzene rings is 1. The highest BCUT2D eigenvalue weighted by molar-refractivity contribution is 8.01. The van der Waals surface area contributed by atoms with Gasteiger partial charge in [-0.2, -0.15) is 0 Å². The van der Waals surface area contributed by atoms with Crippen molar-refractivity contribution in [1.82, 2.24) is 10.2 Å². The summed E-state index contributed by atoms with van der Waals surface area (Å²) in [6, 6.07) is 4.08. The van der Waals surface area contributed by atoms with Gasteiger partial charge < -0.3 is 15.8 Å². The van der Waals surface area contributed by atoms with Gasteiger partial charge in [0.15, 0.2) is 10.2 Å². The summed E-state index contributed by atoms with van der Waals surface area (Å²) in [6.07, 6.45) is 0. The van der Waals surface area contributed by atoms with Crippen LogP contribution in [0.3, 0.4) is 0 Å². The van der Waals surface area contributed by atoms with E-state index in [0.717, 1.165) is 5.13 Å². The molecule has 0 aliphatic carbocycles. The number of hydrogen-bond acceptors (Lipinski definition) is 7. The van der Waals surface area contributed by atoms with Gasteiger partial charge >= 0.3 is 0 Å². The van der Waals surface area contributed by atoms with Gasteiger partial charge in [-0.25, -0.2) is 4.39 Å². The van der Waals surface area contributed by atoms with Crippen molar-refractivity contribution in [1.29, 1.82) is 0 Å². The smallest absolute Gasteiger partial charge is 0.208 e. The van der Waals surface area contributed by atoms with Crippen molar-refractivity contribution < 1.29 is 9.60 Å². The maximum absolute atomic E-state index is 13.3. The lowest BCUT2D eigenvalue weighted by Crippen LogP contribution is -2.14. The van der Waals surface area contributed by atoms with Crippen molar-refractivity contribution in [2.45, 2.75) is 9.24 Å². The van der Waals surface area contributed by atoms with E-state index in [4.69, 9.17) is 10.9 Å². The summed E-state index contributed by atoms with van der Waals surface area (Å²) in [7, 11) is 3.74. The first-order valence-electron chi connectivity index (χ1n) is 5.47. The van der Waals surface area contributed by atoms with Crippen LogP contribution in [0.25, 0.3) is 0 Å². The molecule has 1 aromatic heterocycles. The highest BCUT2D eigenvalue weighted by atomic mass is 32.2. The summed E-state index contributed by atoms with van der Waals surface area (Å²) in [6.45, 7) is 0. The summed E-state index contributed by atoms with van der Waals surface area (Å²) in [5.74, 6) is -0.605. The topological polar surface area (TPSA) is 87.6 Å². The van der Waals surface area contributed by atoms with Crippen LogP contribution in [0.1, 0.15) is 5.56 Å². The maximum Gasteiger partial charge on any atom is 0.208 e. The third kappa shape index (κ3) is 3.17. The standard InChI is InChI=1S/C11H12FN5OS2/c1-17(2)10-14-15-11(20-10)19-8-4-3-6(12)5-7(8)9(13)16-18/h3-5,18H,1-2H3,(H2,13,16). The fourth-order valence-electron chi connectivity index (χ4n) is 1.36. The molecule has 0 radical (unpaired) electrons. The normalized spacial score (nSPS) is 11.7. The van der Waals surface area contributed by atoms with Crippen molar-refractivity contribution in [2.24, 2.45) is 10.9 Å². The number of halogens is 1. The zero-order chi connectivity index (χ0) is 14.7. The Bertz CT molecular complexity index is 643. The number of rotatable bonds is 4. The van der Waals surface area contributed by atoms with Crippen LogP contribution >= 0.6 is 23.1 Å². The van der Waals surface area contributed by atoms with E-state index in [1.165, 1.54) is 35.2 Å². The van der Waals surface area contributed by atoms with Gasteiger partial charge in [0, 0.05) is 24.6 Å². The molecule has 9 heteroatoms. The van der Waals surface area contributed by atoms with E-state index in [9.17, 15) is 4.39 Å². The number of oxime groups is 1. The molecule has 1 aromatic carbocycles. The molecule has 0 unspecified atom stereocenters. The predicted molar refractivity (Wildman–Crippen MR) is 77.3 cm³/mol. The summed E-state index contributed by atoms with van der Waals surface area (Å²) in [5, 5.41) is 20.5. The van der Waals surface area contributed by atoms with Crippen molar-refractivity contribution in [2.75, 3.05) is 19.0 Å². The molecule has 0 saturated heterocycles. The molecule has 2 aromatic rings. The van der Waals surface area contributed by atoms with Crippen LogP contribution < -0.4 is 10.6 Å². The van der Waals surface area contributed by atoms with Crippen LogP contribution in [0, 0.1) is 5.82 Å². The van der Waals surface area contributed by atoms with Crippen molar-refractivity contribution in [3.8, 4) is 0 Å². The first-order chi connectivity index (χ1) is 9.51. The minimum Gasteiger partial charge on any atom is -0.409 e. The van der Waals surface area contributed by atoms with Gasteiger partial charge in [0.2, 0.25) is 5.13 Å². The first kappa shape index (κ1) is 14.5. The van der Waals surface area contributed by atoms with Crippen LogP contribution in [0.2, 0.25) is 0 Å². The van der Waals surface area contributed by atoms with Gasteiger partial charge in [0.05, 0.1) is 0 Å². The SMILES string of the molecule is CN(C)c1nnc(Sc2ccc(F)cc2C(N)=NO)s1. The van der Waals surface area contributed by atoms with Gasteiger partial charge in [-0.3, -0.25) is 0 Å². The quantitative estimate of drug-likeness (QED) is 0.388. The number of anilines is 1. The second-order valence-electron chi connectivity index (χ2n) is 3.97. The molecule has 1 heterocycles. The molecule has 0 aliphatic rings. The van der Waals surface area contributed by atoms with Crippen LogP contribution in [0.5, 0.6) is 0 Å². The minimum atomic E-state index is -0.456. The van der Waals surface area contributed by atoms with E-state index in [0.29, 0.717) is 14.8 Å². The highest BCUT2D eigenvalue weighted by Crippen LogP contribution is 2.34. The second kappa shape index (κ2) is 6.06. The third-order valence-electron chi connectivity index (χ3n) is 2.30. The van der Waals surface area contributed by atoms with E-state index in [2.05, 4.69) is 15.4 Å². The van der Waals surface area contributed by atoms with E-state index >= 15 is 0 Å². The number of nitrogens with zero attached hydrogens (tertiary/aromatic N) is 4. The lowest BCUT2D eigenvalue weighted by molar-refractivity contribution is 0.318. The molecule has 0 saturated carbocycles. The molecule has 6 nitrogen and oxygen atoms in total. The molecule has 0 bridgehead atoms. The highest BCUT2D eigenvalue weighted by Gasteiger charge is 2.13. The Kier molecular flexibility index (Phi) is 4.40. The second-order valence-corrected chi connectivity index (χ2v) is 6.22. The van der Waals surface area contributed by atoms with E-state index < -0.39 is 5.82 Å². The monoisotopic (exact) mass is 313 g/mol. The molecule has 0 amide bonds. The molecule has 0 fully saturated rings. The average molecular weight is 313 g/mol. The molecule has 20 heavy (non-hydrogen) atoms. The minimum absolute atomic E-state index is 0.149. The molecular weight excluding hydrogens is 301 g/mol. The van der Waals surface area contributed by atoms with Crippen molar-refractivity contribution >= 4 is 34.1 Å². The summed E-state index contributed by atoms with van der Waals surface area (Å²) < 4.78 is 13.9. The Morgan fingerprint density at radius 1 is 1.45 bits per heavy atom. The molecular formula is C11H12FN5OS2. The van der Waals surface area contributed by atoms with E-state index in [-0.39, 0.29) is 5.84 Å². The Morgan fingerprint density at radius 2 is 2.20 bits per heavy atom. The summed E-state index contributed by atoms with van der Waals surface area (Å²) in [5.41, 5.74) is 5.87. The Hall–Kier alpha value is -1.87. The van der Waals surface area contributed by atoms with Gasteiger partial charge in [-0.15, -0.1) is 10.2 Å². The van der Waals surface area contributed by atoms with Gasteiger partial charge in [0.25, 0.3) is 0 Å². The summed E-state index contributed by atoms with van der Waals surface area (Å²) in [4.78, 5) is 2.49. The fourth-order valence-corrected chi connectivity index (χ4v) is 3.20. The fraction of sp³-hybridized carbons (Fsp3) is 0.182. The third-order valence-corrected chi connectivity index (χ3v) is 4.52. The average Bonchev–Trinajstić information content (AvgIpc) is 2.88. The summed E-state index contributed by atoms with van der Waals surface area (Å²) >= 11 is 2.68. The Morgan fingerprint density at radius 3 is 2.80 bits per heavy atom.